The zero-order valence-electron chi connectivity index (χ0n) is 11.2. The molecule has 1 amide bonds. The maximum atomic E-state index is 12.2. The van der Waals surface area contributed by atoms with Gasteiger partial charge in [0.2, 0.25) is 0 Å². The van der Waals surface area contributed by atoms with Crippen LogP contribution in [0.2, 0.25) is 0 Å². The van der Waals surface area contributed by atoms with E-state index in [0.29, 0.717) is 17.8 Å². The summed E-state index contributed by atoms with van der Waals surface area (Å²) in [4.78, 5) is 29.1. The van der Waals surface area contributed by atoms with Gasteiger partial charge in [-0.2, -0.15) is 0 Å². The Hall–Kier alpha value is -1.88. The van der Waals surface area contributed by atoms with E-state index < -0.39 is 0 Å². The average molecular weight is 276 g/mol. The minimum Gasteiger partial charge on any atom is -0.356 e. The van der Waals surface area contributed by atoms with Crippen LogP contribution in [0.5, 0.6) is 0 Å². The highest BCUT2D eigenvalue weighted by atomic mass is 32.1. The van der Waals surface area contributed by atoms with Gasteiger partial charge in [0, 0.05) is 23.7 Å². The third-order valence-electron chi connectivity index (χ3n) is 3.02. The first-order chi connectivity index (χ1) is 8.99. The molecular weight excluding hydrogens is 260 g/mol. The molecule has 0 saturated carbocycles. The first-order valence-electron chi connectivity index (χ1n) is 5.97. The van der Waals surface area contributed by atoms with Gasteiger partial charge in [-0.1, -0.05) is 0 Å². The number of hydrogen-bond donors (Lipinski definition) is 1. The van der Waals surface area contributed by atoms with Gasteiger partial charge in [0.05, 0.1) is 6.54 Å². The molecule has 0 aliphatic rings. The molecule has 0 aromatic carbocycles. The third-order valence-corrected chi connectivity index (χ3v) is 4.02. The van der Waals surface area contributed by atoms with Crippen molar-refractivity contribution < 1.29 is 9.59 Å². The number of carbonyl (C=O) groups is 2. The lowest BCUT2D eigenvalue weighted by Gasteiger charge is -2.15. The van der Waals surface area contributed by atoms with Gasteiger partial charge in [0.15, 0.2) is 5.78 Å². The van der Waals surface area contributed by atoms with E-state index in [-0.39, 0.29) is 11.7 Å². The Balaban J connectivity index is 2.10. The number of amides is 1. The zero-order chi connectivity index (χ0) is 14.0. The topological polar surface area (TPSA) is 53.2 Å². The fourth-order valence-electron chi connectivity index (χ4n) is 1.78. The first-order valence-corrected chi connectivity index (χ1v) is 6.85. The van der Waals surface area contributed by atoms with Gasteiger partial charge < -0.3 is 9.88 Å². The smallest absolute Gasteiger partial charge is 0.270 e. The minimum atomic E-state index is -0.111. The number of thiophene rings is 1. The normalized spacial score (nSPS) is 10.5. The Bertz CT molecular complexity index is 612. The zero-order valence-corrected chi connectivity index (χ0v) is 12.0. The lowest BCUT2D eigenvalue weighted by molar-refractivity contribution is 0.0781. The van der Waals surface area contributed by atoms with Crippen LogP contribution >= 0.6 is 11.3 Å². The molecule has 100 valence electrons. The van der Waals surface area contributed by atoms with Gasteiger partial charge in [0.1, 0.15) is 5.69 Å². The largest absolute Gasteiger partial charge is 0.356 e. The summed E-state index contributed by atoms with van der Waals surface area (Å²) >= 11 is 1.64. The summed E-state index contributed by atoms with van der Waals surface area (Å²) in [6, 6.07) is 3.64. The molecule has 0 unspecified atom stereocenters. The Morgan fingerprint density at radius 1 is 1.42 bits per heavy atom. The van der Waals surface area contributed by atoms with Crippen LogP contribution in [0, 0.1) is 6.92 Å². The van der Waals surface area contributed by atoms with E-state index in [9.17, 15) is 9.59 Å². The van der Waals surface area contributed by atoms with E-state index in [1.165, 1.54) is 17.4 Å². The SMILES string of the molecule is CC(=O)c1c[nH]c(C(=O)N(C)Cc2sccc2C)c1. The molecule has 4 nitrogen and oxygen atoms in total. The highest BCUT2D eigenvalue weighted by Crippen LogP contribution is 2.18. The van der Waals surface area contributed by atoms with Crippen molar-refractivity contribution in [1.82, 2.24) is 9.88 Å². The van der Waals surface area contributed by atoms with Crippen molar-refractivity contribution in [1.29, 1.82) is 0 Å². The van der Waals surface area contributed by atoms with Crippen LogP contribution < -0.4 is 0 Å². The van der Waals surface area contributed by atoms with E-state index in [2.05, 4.69) is 4.98 Å². The second-order valence-electron chi connectivity index (χ2n) is 4.55. The molecule has 0 radical (unpaired) electrons. The Labute approximate surface area is 116 Å². The van der Waals surface area contributed by atoms with Gasteiger partial charge in [-0.25, -0.2) is 0 Å². The quantitative estimate of drug-likeness (QED) is 0.873. The molecule has 0 fully saturated rings. The van der Waals surface area contributed by atoms with E-state index in [0.717, 1.165) is 0 Å². The summed E-state index contributed by atoms with van der Waals surface area (Å²) in [7, 11) is 1.76. The number of nitrogens with one attached hydrogen (secondary N) is 1. The maximum absolute atomic E-state index is 12.2. The molecule has 5 heteroatoms. The number of ketones is 1. The first kappa shape index (κ1) is 13.5. The average Bonchev–Trinajstić information content (AvgIpc) is 2.98. The lowest BCUT2D eigenvalue weighted by atomic mass is 10.2. The van der Waals surface area contributed by atoms with Crippen molar-refractivity contribution in [2.24, 2.45) is 0 Å². The monoisotopic (exact) mass is 276 g/mol. The van der Waals surface area contributed by atoms with Gasteiger partial charge in [-0.15, -0.1) is 11.3 Å². The minimum absolute atomic E-state index is 0.0490. The highest BCUT2D eigenvalue weighted by molar-refractivity contribution is 7.10. The molecule has 0 spiro atoms. The number of aromatic nitrogens is 1. The van der Waals surface area contributed by atoms with E-state index in [1.807, 2.05) is 18.4 Å². The van der Waals surface area contributed by atoms with Crippen LogP contribution in [0.4, 0.5) is 0 Å². The lowest BCUT2D eigenvalue weighted by Crippen LogP contribution is -2.26. The molecule has 0 bridgehead atoms. The third kappa shape index (κ3) is 2.93. The Kier molecular flexibility index (Phi) is 3.85. The molecule has 0 saturated heterocycles. The molecule has 0 aliphatic carbocycles. The van der Waals surface area contributed by atoms with Crippen molar-refractivity contribution in [3.05, 3.63) is 45.4 Å². The van der Waals surface area contributed by atoms with Crippen LogP contribution in [-0.4, -0.2) is 28.6 Å². The summed E-state index contributed by atoms with van der Waals surface area (Å²) in [5.74, 6) is -0.160. The fourth-order valence-corrected chi connectivity index (χ4v) is 2.74. The maximum Gasteiger partial charge on any atom is 0.270 e. The number of hydrogen-bond acceptors (Lipinski definition) is 3. The van der Waals surface area contributed by atoms with Crippen molar-refractivity contribution >= 4 is 23.0 Å². The van der Waals surface area contributed by atoms with Crippen LogP contribution in [-0.2, 0) is 6.54 Å². The fraction of sp³-hybridized carbons (Fsp3) is 0.286. The van der Waals surface area contributed by atoms with Gasteiger partial charge >= 0.3 is 0 Å². The molecule has 0 aliphatic heterocycles. The molecule has 2 heterocycles. The van der Waals surface area contributed by atoms with Crippen molar-refractivity contribution in [3.63, 3.8) is 0 Å². The van der Waals surface area contributed by atoms with Crippen molar-refractivity contribution in [2.45, 2.75) is 20.4 Å². The van der Waals surface area contributed by atoms with Crippen LogP contribution in [0.25, 0.3) is 0 Å². The van der Waals surface area contributed by atoms with Crippen molar-refractivity contribution in [3.8, 4) is 0 Å². The molecule has 1 N–H and O–H groups in total. The van der Waals surface area contributed by atoms with Gasteiger partial charge in [-0.3, -0.25) is 9.59 Å². The van der Waals surface area contributed by atoms with Gasteiger partial charge in [-0.05, 0) is 36.9 Å². The van der Waals surface area contributed by atoms with E-state index >= 15 is 0 Å². The summed E-state index contributed by atoms with van der Waals surface area (Å²) in [5.41, 5.74) is 2.17. The number of rotatable bonds is 4. The van der Waals surface area contributed by atoms with E-state index in [1.54, 1.807) is 35.5 Å². The number of aromatic amines is 1. The summed E-state index contributed by atoms with van der Waals surface area (Å²) in [5, 5.41) is 2.02. The molecular formula is C14H16N2O2S. The Morgan fingerprint density at radius 3 is 2.68 bits per heavy atom. The second kappa shape index (κ2) is 5.40. The number of Topliss-reactive ketones (excluding diaryl/α,β-unsaturated/α-hetero) is 1. The second-order valence-corrected chi connectivity index (χ2v) is 5.55. The predicted octanol–water partition coefficient (Wildman–Crippen LogP) is 2.86. The standard InChI is InChI=1S/C14H16N2O2S/c1-9-4-5-19-13(9)8-16(3)14(18)12-6-11(7-15-12)10(2)17/h4-7,15H,8H2,1-3H3. The number of carbonyl (C=O) groups excluding carboxylic acids is 2. The molecule has 2 aromatic rings. The number of nitrogens with zero attached hydrogens (tertiary/aromatic N) is 1. The van der Waals surface area contributed by atoms with Crippen LogP contribution in [0.1, 0.15) is 38.2 Å². The van der Waals surface area contributed by atoms with Crippen LogP contribution in [0.15, 0.2) is 23.7 Å². The molecule has 2 rings (SSSR count). The van der Waals surface area contributed by atoms with Crippen molar-refractivity contribution in [2.75, 3.05) is 7.05 Å². The summed E-state index contributed by atoms with van der Waals surface area (Å²) < 4.78 is 0. The number of aryl methyl sites for hydroxylation is 1. The van der Waals surface area contributed by atoms with Crippen LogP contribution in [0.3, 0.4) is 0 Å². The van der Waals surface area contributed by atoms with E-state index in [4.69, 9.17) is 0 Å². The van der Waals surface area contributed by atoms with Gasteiger partial charge in [0.25, 0.3) is 5.91 Å². The number of H-pyrrole nitrogens is 1. The molecule has 19 heavy (non-hydrogen) atoms. The summed E-state index contributed by atoms with van der Waals surface area (Å²) in [6.45, 7) is 4.10. The predicted molar refractivity (Wildman–Crippen MR) is 75.7 cm³/mol. The molecule has 2 aromatic heterocycles. The molecule has 0 atom stereocenters. The summed E-state index contributed by atoms with van der Waals surface area (Å²) in [6.07, 6.45) is 1.57. The Morgan fingerprint density at radius 2 is 2.16 bits per heavy atom. The highest BCUT2D eigenvalue weighted by Gasteiger charge is 2.16.